The van der Waals surface area contributed by atoms with E-state index in [1.165, 1.54) is 30.3 Å². The minimum absolute atomic E-state index is 0.0889. The summed E-state index contributed by atoms with van der Waals surface area (Å²) in [5.74, 6) is 12.5. The van der Waals surface area contributed by atoms with Gasteiger partial charge in [0.1, 0.15) is 0 Å². The first-order valence-corrected chi connectivity index (χ1v) is 14.6. The molecule has 1 amide bonds. The summed E-state index contributed by atoms with van der Waals surface area (Å²) < 4.78 is 4.90. The Morgan fingerprint density at radius 1 is 0.804 bits per heavy atom. The first-order chi connectivity index (χ1) is 22.1. The van der Waals surface area contributed by atoms with Crippen LogP contribution in [0, 0.1) is 20.2 Å². The van der Waals surface area contributed by atoms with Crippen LogP contribution in [0.1, 0.15) is 39.5 Å². The summed E-state index contributed by atoms with van der Waals surface area (Å²) in [5.41, 5.74) is 6.34. The fourth-order valence-corrected chi connectivity index (χ4v) is 4.54. The van der Waals surface area contributed by atoms with Gasteiger partial charge in [-0.15, -0.1) is 0 Å². The van der Waals surface area contributed by atoms with Crippen molar-refractivity contribution in [3.8, 4) is 0 Å². The van der Waals surface area contributed by atoms with Crippen molar-refractivity contribution in [3.05, 3.63) is 92.1 Å². The number of benzene rings is 2. The molecule has 0 aromatic heterocycles. The highest BCUT2D eigenvalue weighted by atomic mass is 16.6. The number of nitro benzene ring substituents is 2. The van der Waals surface area contributed by atoms with E-state index in [0.717, 1.165) is 74.4 Å². The van der Waals surface area contributed by atoms with Crippen molar-refractivity contribution in [3.63, 3.8) is 0 Å². The summed E-state index contributed by atoms with van der Waals surface area (Å²) in [5, 5.41) is 28.8. The lowest BCUT2D eigenvalue weighted by molar-refractivity contribution is -0.385. The Balaban J connectivity index is 0.000000404. The van der Waals surface area contributed by atoms with Crippen molar-refractivity contribution in [2.75, 3.05) is 49.2 Å². The second-order valence-corrected chi connectivity index (χ2v) is 9.70. The van der Waals surface area contributed by atoms with Gasteiger partial charge >= 0.3 is 5.97 Å². The number of hydrogen-bond donors (Lipinski definition) is 5. The van der Waals surface area contributed by atoms with Crippen molar-refractivity contribution in [2.24, 2.45) is 17.5 Å². The van der Waals surface area contributed by atoms with E-state index in [1.807, 2.05) is 0 Å². The third-order valence-electron chi connectivity index (χ3n) is 6.75. The number of esters is 1. The molecule has 2 saturated heterocycles. The molecule has 46 heavy (non-hydrogen) atoms. The molecule has 2 aromatic carbocycles. The number of anilines is 2. The van der Waals surface area contributed by atoms with Crippen LogP contribution in [0.4, 0.5) is 22.7 Å². The van der Waals surface area contributed by atoms with E-state index >= 15 is 0 Å². The summed E-state index contributed by atoms with van der Waals surface area (Å²) >= 11 is 0. The van der Waals surface area contributed by atoms with E-state index in [2.05, 4.69) is 26.9 Å². The molecule has 0 unspecified atom stereocenters. The number of carbonyl (C=O) groups excluding carboxylic acids is 2. The van der Waals surface area contributed by atoms with Crippen LogP contribution in [0.25, 0.3) is 0 Å². The zero-order valence-corrected chi connectivity index (χ0v) is 26.2. The molecular weight excluding hydrogens is 600 g/mol. The fraction of sp³-hybridized carbons (Fsp3) is 0.400. The molecule has 0 aliphatic carbocycles. The number of nitrogens with zero attached hydrogens (tertiary/aromatic N) is 4. The number of rotatable bonds is 7. The number of ether oxygens (including phenoxy) is 1. The number of hydrogen-bond acceptors (Lipinski definition) is 13. The number of amides is 1. The molecule has 2 aromatic rings. The highest BCUT2D eigenvalue weighted by Gasteiger charge is 2.17. The Morgan fingerprint density at radius 2 is 1.15 bits per heavy atom. The predicted octanol–water partition coefficient (Wildman–Crippen LogP) is 2.61. The van der Waals surface area contributed by atoms with Crippen molar-refractivity contribution < 1.29 is 29.3 Å². The maximum absolute atomic E-state index is 11.4. The van der Waals surface area contributed by atoms with Gasteiger partial charge < -0.3 is 19.6 Å². The van der Waals surface area contributed by atoms with Gasteiger partial charge in [0, 0.05) is 80.6 Å². The Hall–Kier alpha value is -4.90. The highest BCUT2D eigenvalue weighted by Crippen LogP contribution is 2.26. The highest BCUT2D eigenvalue weighted by molar-refractivity contribution is 5.87. The Morgan fingerprint density at radius 3 is 1.46 bits per heavy atom. The van der Waals surface area contributed by atoms with Crippen LogP contribution in [0.3, 0.4) is 0 Å². The zero-order chi connectivity index (χ0) is 34.5. The van der Waals surface area contributed by atoms with Gasteiger partial charge in [-0.1, -0.05) is 11.1 Å². The van der Waals surface area contributed by atoms with Gasteiger partial charge in [-0.05, 0) is 63.8 Å². The Labute approximate surface area is 267 Å². The molecule has 0 bridgehead atoms. The maximum atomic E-state index is 11.4. The number of aliphatic hydroxyl groups excluding tert-OH is 1. The van der Waals surface area contributed by atoms with Gasteiger partial charge in [-0.3, -0.25) is 42.1 Å². The van der Waals surface area contributed by atoms with Gasteiger partial charge in [-0.25, -0.2) is 10.6 Å². The van der Waals surface area contributed by atoms with Gasteiger partial charge in [0.2, 0.25) is 0 Å². The molecule has 0 saturated carbocycles. The van der Waals surface area contributed by atoms with Crippen LogP contribution in [0.5, 0.6) is 0 Å². The lowest BCUT2D eigenvalue weighted by atomic mass is 10.0. The average molecular weight is 645 g/mol. The smallest absolute Gasteiger partial charge is 0.330 e. The number of nitro groups is 2. The number of non-ortho nitro benzene ring substituents is 2. The summed E-state index contributed by atoms with van der Waals surface area (Å²) in [4.78, 5) is 47.2. The molecule has 16 heteroatoms. The van der Waals surface area contributed by atoms with Crippen LogP contribution in [-0.4, -0.2) is 66.2 Å². The number of hydrazine groups is 2. The third kappa shape index (κ3) is 13.8. The van der Waals surface area contributed by atoms with Crippen molar-refractivity contribution >= 4 is 34.6 Å². The predicted molar refractivity (Wildman–Crippen MR) is 175 cm³/mol. The maximum Gasteiger partial charge on any atom is 0.330 e. The lowest BCUT2D eigenvalue weighted by Crippen LogP contribution is -2.32. The van der Waals surface area contributed by atoms with Crippen molar-refractivity contribution in [1.29, 1.82) is 0 Å². The first kappa shape index (κ1) is 39.1. The summed E-state index contributed by atoms with van der Waals surface area (Å²) in [6, 6.07) is 13.1. The van der Waals surface area contributed by atoms with Crippen LogP contribution >= 0.6 is 0 Å². The molecule has 252 valence electrons. The largest absolute Gasteiger partial charge is 0.463 e. The topological polar surface area (TPSA) is 246 Å². The molecule has 4 rings (SSSR count). The third-order valence-corrected chi connectivity index (χ3v) is 6.75. The van der Waals surface area contributed by atoms with E-state index < -0.39 is 9.85 Å². The van der Waals surface area contributed by atoms with Crippen molar-refractivity contribution in [1.82, 2.24) is 5.43 Å². The fourth-order valence-electron chi connectivity index (χ4n) is 4.54. The summed E-state index contributed by atoms with van der Waals surface area (Å²) in [6.45, 7) is 7.25. The van der Waals surface area contributed by atoms with E-state index in [-0.39, 0.29) is 29.9 Å². The number of aliphatic hydroxyl groups is 1. The molecule has 2 heterocycles. The van der Waals surface area contributed by atoms with E-state index in [4.69, 9.17) is 15.7 Å². The van der Waals surface area contributed by atoms with Gasteiger partial charge in [0.25, 0.3) is 17.3 Å². The number of nitrogens with two attached hydrogens (primary N) is 3. The van der Waals surface area contributed by atoms with Crippen molar-refractivity contribution in [2.45, 2.75) is 39.5 Å². The molecule has 8 N–H and O–H groups in total. The summed E-state index contributed by atoms with van der Waals surface area (Å²) in [7, 11) is 0. The Kier molecular flexibility index (Phi) is 18.5. The molecule has 2 aliphatic rings. The lowest BCUT2D eigenvalue weighted by Gasteiger charge is -2.30. The molecule has 0 atom stereocenters. The number of carbonyl (C=O) groups is 2. The summed E-state index contributed by atoms with van der Waals surface area (Å²) in [6.07, 6.45) is 6.28. The Bertz CT molecular complexity index is 1300. The molecule has 0 spiro atoms. The second-order valence-electron chi connectivity index (χ2n) is 9.70. The molecule has 2 aliphatic heterocycles. The average Bonchev–Trinajstić information content (AvgIpc) is 3.07. The number of piperidine rings is 2. The first-order valence-electron chi connectivity index (χ1n) is 14.6. The minimum atomic E-state index is -0.410. The van der Waals surface area contributed by atoms with Gasteiger partial charge in [0.05, 0.1) is 16.5 Å². The SMILES string of the molecule is CCO.CCOC(=O)C=C1CCN(c2ccc([N+](=O)[O-])cc2)CC1.NN.NNC(=O)C=C1CCN(c2ccc([N+](=O)[O-])cc2)CC1. The minimum Gasteiger partial charge on any atom is -0.463 e. The van der Waals surface area contributed by atoms with Crippen LogP contribution in [0.15, 0.2) is 71.8 Å². The molecule has 0 radical (unpaired) electrons. The normalized spacial score (nSPS) is 13.7. The second kappa shape index (κ2) is 21.7. The van der Waals surface area contributed by atoms with Crippen LogP contribution < -0.4 is 32.8 Å². The monoisotopic (exact) mass is 644 g/mol. The van der Waals surface area contributed by atoms with Gasteiger partial charge in [-0.2, -0.15) is 0 Å². The standard InChI is InChI=1S/C15H18N2O4.C13H16N4O3.C2H6O.H4N2/c1-2-21-15(18)11-12-7-9-16(10-8-12)13-3-5-14(6-4-13)17(19)20;14-15-13(18)9-10-5-7-16(8-6-10)11-1-3-12(4-2-11)17(19)20;1-2-3;1-2/h3-6,11H,2,7-10H2,1H3;1-4,9H,5-8,14H2,(H,15,18);3H,2H2,1H3;1-2H2. The quantitative estimate of drug-likeness (QED) is 0.0727. The molecular formula is C30H44N8O8. The number of nitrogens with one attached hydrogen (secondary N) is 1. The zero-order valence-electron chi connectivity index (χ0n) is 26.2. The molecule has 2 fully saturated rings. The van der Waals surface area contributed by atoms with E-state index in [1.54, 1.807) is 44.2 Å². The van der Waals surface area contributed by atoms with Gasteiger partial charge in [0.15, 0.2) is 0 Å². The van der Waals surface area contributed by atoms with E-state index in [0.29, 0.717) is 6.61 Å². The van der Waals surface area contributed by atoms with Crippen LogP contribution in [-0.2, 0) is 14.3 Å². The van der Waals surface area contributed by atoms with E-state index in [9.17, 15) is 29.8 Å². The molecule has 16 nitrogen and oxygen atoms in total. The van der Waals surface area contributed by atoms with Crippen LogP contribution in [0.2, 0.25) is 0 Å².